The van der Waals surface area contributed by atoms with Gasteiger partial charge in [-0.3, -0.25) is 0 Å². The van der Waals surface area contributed by atoms with Gasteiger partial charge in [-0.1, -0.05) is 138 Å². The summed E-state index contributed by atoms with van der Waals surface area (Å²) in [4.78, 5) is 4.67. The van der Waals surface area contributed by atoms with Crippen LogP contribution in [0.25, 0.3) is 49.4 Å². The second-order valence-electron chi connectivity index (χ2n) is 16.8. The van der Waals surface area contributed by atoms with Crippen molar-refractivity contribution in [2.75, 3.05) is 9.80 Å². The molecule has 5 heteroatoms. The molecule has 0 atom stereocenters. The Hall–Kier alpha value is -5.97. The SMILES string of the molecule is CC(C)(C)c1ccc(N(c2cc(C(C)(C)C)cc(N3c4ccccc4-n4c5ccccc5c5cccc3c54)c2Cl)c2cccc3c2oc2ccccc23)cc1. The molecule has 1 aliphatic heterocycles. The molecule has 0 saturated carbocycles. The molecule has 3 heterocycles. The summed E-state index contributed by atoms with van der Waals surface area (Å²) in [6.07, 6.45) is 0. The third-order valence-electron chi connectivity index (χ3n) is 11.3. The number of anilines is 6. The molecule has 0 spiro atoms. The van der Waals surface area contributed by atoms with Gasteiger partial charge in [-0.25, -0.2) is 0 Å². The van der Waals surface area contributed by atoms with Crippen molar-refractivity contribution in [2.45, 2.75) is 52.4 Å². The summed E-state index contributed by atoms with van der Waals surface area (Å²) >= 11 is 7.98. The minimum absolute atomic E-state index is 0.00418. The molecular formula is C50H42ClN3O. The van der Waals surface area contributed by atoms with Crippen molar-refractivity contribution in [2.24, 2.45) is 0 Å². The van der Waals surface area contributed by atoms with Crippen LogP contribution in [-0.4, -0.2) is 4.57 Å². The third-order valence-corrected chi connectivity index (χ3v) is 11.7. The van der Waals surface area contributed by atoms with E-state index in [2.05, 4.69) is 189 Å². The van der Waals surface area contributed by atoms with E-state index in [4.69, 9.17) is 16.0 Å². The Bertz CT molecular complexity index is 2970. The van der Waals surface area contributed by atoms with E-state index in [0.717, 1.165) is 61.8 Å². The van der Waals surface area contributed by atoms with Gasteiger partial charge in [0.2, 0.25) is 0 Å². The summed E-state index contributed by atoms with van der Waals surface area (Å²) in [6, 6.07) is 52.2. The number of aromatic nitrogens is 1. The molecule has 10 rings (SSSR count). The summed E-state index contributed by atoms with van der Waals surface area (Å²) in [7, 11) is 0. The van der Waals surface area contributed by atoms with E-state index in [9.17, 15) is 0 Å². The Balaban J connectivity index is 1.29. The lowest BCUT2D eigenvalue weighted by molar-refractivity contribution is 0.590. The number of furan rings is 1. The highest BCUT2D eigenvalue weighted by atomic mass is 35.5. The summed E-state index contributed by atoms with van der Waals surface area (Å²) in [5, 5.41) is 5.25. The standard InChI is InChI=1S/C50H42ClN3O/c1-49(2,3)31-25-27-33(28-26-31)52(42-23-14-18-37-35-16-8-12-24-45(35)55-48(37)42)43-29-32(50(4,5)6)30-44(46(43)51)53-39-20-10-11-21-40(39)54-38-19-9-7-15-34(38)36-17-13-22-41(53)47(36)54/h7-30H,1-6H3. The number of benzene rings is 7. The molecule has 0 fully saturated rings. The van der Waals surface area contributed by atoms with E-state index in [1.54, 1.807) is 0 Å². The van der Waals surface area contributed by atoms with Crippen LogP contribution >= 0.6 is 11.6 Å². The zero-order valence-electron chi connectivity index (χ0n) is 32.0. The fourth-order valence-electron chi connectivity index (χ4n) is 8.44. The average Bonchev–Trinajstić information content (AvgIpc) is 3.73. The van der Waals surface area contributed by atoms with Gasteiger partial charge in [0, 0.05) is 27.2 Å². The van der Waals surface area contributed by atoms with Crippen LogP contribution in [0.15, 0.2) is 150 Å². The van der Waals surface area contributed by atoms with E-state index < -0.39 is 0 Å². The lowest BCUT2D eigenvalue weighted by Crippen LogP contribution is -2.21. The van der Waals surface area contributed by atoms with E-state index >= 15 is 0 Å². The zero-order valence-corrected chi connectivity index (χ0v) is 32.7. The van der Waals surface area contributed by atoms with Crippen molar-refractivity contribution >= 4 is 89.5 Å². The van der Waals surface area contributed by atoms with Crippen molar-refractivity contribution in [1.82, 2.24) is 4.57 Å². The zero-order chi connectivity index (χ0) is 37.8. The minimum Gasteiger partial charge on any atom is -0.454 e. The van der Waals surface area contributed by atoms with Gasteiger partial charge in [0.25, 0.3) is 0 Å². The molecule has 270 valence electrons. The highest BCUT2D eigenvalue weighted by Gasteiger charge is 2.33. The first-order chi connectivity index (χ1) is 26.5. The maximum Gasteiger partial charge on any atom is 0.159 e. The molecule has 1 aliphatic rings. The molecule has 4 nitrogen and oxygen atoms in total. The Labute approximate surface area is 326 Å². The van der Waals surface area contributed by atoms with Crippen LogP contribution in [0.1, 0.15) is 52.7 Å². The molecule has 0 bridgehead atoms. The molecule has 0 N–H and O–H groups in total. The minimum atomic E-state index is -0.197. The molecule has 55 heavy (non-hydrogen) atoms. The van der Waals surface area contributed by atoms with Gasteiger partial charge >= 0.3 is 0 Å². The molecule has 7 aromatic carbocycles. The van der Waals surface area contributed by atoms with Crippen LogP contribution in [0.3, 0.4) is 0 Å². The number of nitrogens with zero attached hydrogens (tertiary/aromatic N) is 3. The van der Waals surface area contributed by atoms with Crippen LogP contribution < -0.4 is 9.80 Å². The lowest BCUT2D eigenvalue weighted by atomic mass is 9.85. The summed E-state index contributed by atoms with van der Waals surface area (Å²) in [5.41, 5.74) is 13.3. The van der Waals surface area contributed by atoms with Gasteiger partial charge in [0.05, 0.1) is 50.2 Å². The Kier molecular flexibility index (Phi) is 7.34. The fraction of sp³-hybridized carbons (Fsp3) is 0.160. The monoisotopic (exact) mass is 735 g/mol. The molecule has 0 aliphatic carbocycles. The molecule has 0 radical (unpaired) electrons. The Morgan fingerprint density at radius 2 is 1.13 bits per heavy atom. The molecule has 9 aromatic rings. The van der Waals surface area contributed by atoms with Gasteiger partial charge in [0.15, 0.2) is 5.58 Å². The Morgan fingerprint density at radius 3 is 1.89 bits per heavy atom. The fourth-order valence-corrected chi connectivity index (χ4v) is 8.72. The predicted molar refractivity (Wildman–Crippen MR) is 233 cm³/mol. The highest BCUT2D eigenvalue weighted by molar-refractivity contribution is 6.37. The van der Waals surface area contributed by atoms with Crippen LogP contribution in [-0.2, 0) is 10.8 Å². The first kappa shape index (κ1) is 33.6. The summed E-state index contributed by atoms with van der Waals surface area (Å²) in [5.74, 6) is 0. The van der Waals surface area contributed by atoms with Crippen LogP contribution in [0.2, 0.25) is 5.02 Å². The van der Waals surface area contributed by atoms with Gasteiger partial charge in [-0.15, -0.1) is 0 Å². The number of hydrogen-bond donors (Lipinski definition) is 0. The number of hydrogen-bond acceptors (Lipinski definition) is 3. The van der Waals surface area contributed by atoms with Crippen LogP contribution in [0, 0.1) is 0 Å². The highest BCUT2D eigenvalue weighted by Crippen LogP contribution is 2.55. The second kappa shape index (κ2) is 12.0. The third kappa shape index (κ3) is 5.12. The maximum absolute atomic E-state index is 7.98. The maximum atomic E-state index is 7.98. The smallest absolute Gasteiger partial charge is 0.159 e. The molecular weight excluding hydrogens is 694 g/mol. The predicted octanol–water partition coefficient (Wildman–Crippen LogP) is 15.2. The quantitative estimate of drug-likeness (QED) is 0.180. The van der Waals surface area contributed by atoms with Gasteiger partial charge < -0.3 is 18.8 Å². The normalized spacial score (nSPS) is 13.0. The van der Waals surface area contributed by atoms with Crippen molar-refractivity contribution in [1.29, 1.82) is 0 Å². The first-order valence-electron chi connectivity index (χ1n) is 19.1. The van der Waals surface area contributed by atoms with E-state index in [0.29, 0.717) is 5.02 Å². The van der Waals surface area contributed by atoms with Gasteiger partial charge in [-0.2, -0.15) is 0 Å². The summed E-state index contributed by atoms with van der Waals surface area (Å²) < 4.78 is 9.14. The van der Waals surface area contributed by atoms with Crippen molar-refractivity contribution < 1.29 is 4.42 Å². The van der Waals surface area contributed by atoms with Crippen LogP contribution in [0.4, 0.5) is 34.1 Å². The van der Waals surface area contributed by atoms with Gasteiger partial charge in [-0.05, 0) is 82.6 Å². The molecule has 0 saturated heterocycles. The van der Waals surface area contributed by atoms with Crippen molar-refractivity contribution in [3.8, 4) is 5.69 Å². The molecule has 0 unspecified atom stereocenters. The number of halogens is 1. The molecule has 2 aromatic heterocycles. The number of rotatable bonds is 4. The second-order valence-corrected chi connectivity index (χ2v) is 17.2. The first-order valence-corrected chi connectivity index (χ1v) is 19.4. The van der Waals surface area contributed by atoms with Crippen LogP contribution in [0.5, 0.6) is 0 Å². The number of para-hydroxylation sites is 6. The number of fused-ring (bicyclic) bond motifs is 8. The van der Waals surface area contributed by atoms with E-state index in [1.807, 2.05) is 12.1 Å². The lowest BCUT2D eigenvalue weighted by Gasteiger charge is -2.36. The van der Waals surface area contributed by atoms with Gasteiger partial charge in [0.1, 0.15) is 5.58 Å². The van der Waals surface area contributed by atoms with E-state index in [-0.39, 0.29) is 10.8 Å². The topological polar surface area (TPSA) is 24.6 Å². The largest absolute Gasteiger partial charge is 0.454 e. The van der Waals surface area contributed by atoms with Crippen molar-refractivity contribution in [3.63, 3.8) is 0 Å². The average molecular weight is 736 g/mol. The summed E-state index contributed by atoms with van der Waals surface area (Å²) in [6.45, 7) is 13.6. The van der Waals surface area contributed by atoms with E-state index in [1.165, 1.54) is 32.9 Å². The molecule has 0 amide bonds. The Morgan fingerprint density at radius 1 is 0.509 bits per heavy atom. The van der Waals surface area contributed by atoms with Crippen molar-refractivity contribution in [3.05, 3.63) is 162 Å².